The maximum absolute atomic E-state index is 13.4. The van der Waals surface area contributed by atoms with Gasteiger partial charge in [0.15, 0.2) is 17.5 Å². The lowest BCUT2D eigenvalue weighted by molar-refractivity contribution is -0.118. The lowest BCUT2D eigenvalue weighted by Gasteiger charge is -2.39. The summed E-state index contributed by atoms with van der Waals surface area (Å²) in [6.45, 7) is 6.57. The van der Waals surface area contributed by atoms with Crippen LogP contribution in [-0.2, 0) is 11.2 Å². The number of anilines is 1. The number of fused-ring (bicyclic) bond motifs is 1. The van der Waals surface area contributed by atoms with Crippen molar-refractivity contribution in [1.29, 1.82) is 5.41 Å². The molecule has 1 aromatic carbocycles. The molecule has 0 aliphatic carbocycles. The van der Waals surface area contributed by atoms with Crippen LogP contribution in [0.1, 0.15) is 64.0 Å². The molecule has 8 heteroatoms. The average Bonchev–Trinajstić information content (AvgIpc) is 3.26. The van der Waals surface area contributed by atoms with Crippen molar-refractivity contribution in [3.05, 3.63) is 42.1 Å². The Morgan fingerprint density at radius 2 is 1.91 bits per heavy atom. The van der Waals surface area contributed by atoms with Crippen LogP contribution in [0, 0.1) is 5.41 Å². The summed E-state index contributed by atoms with van der Waals surface area (Å²) in [5.41, 5.74) is 6.48. The lowest BCUT2D eigenvalue weighted by Crippen LogP contribution is -2.44. The van der Waals surface area contributed by atoms with E-state index in [-0.39, 0.29) is 22.8 Å². The molecule has 3 atom stereocenters. The van der Waals surface area contributed by atoms with Crippen molar-refractivity contribution < 1.29 is 9.21 Å². The summed E-state index contributed by atoms with van der Waals surface area (Å²) in [6, 6.07) is 9.47. The fraction of sp³-hybridized carbons (Fsp3) is 0.560. The van der Waals surface area contributed by atoms with Crippen molar-refractivity contribution in [3.8, 4) is 0 Å². The van der Waals surface area contributed by atoms with Gasteiger partial charge in [-0.05, 0) is 58.2 Å². The number of benzene rings is 1. The first-order chi connectivity index (χ1) is 15.9. The Morgan fingerprint density at radius 1 is 1.18 bits per heavy atom. The number of thioether (sulfide) groups is 1. The Labute approximate surface area is 200 Å². The molecular formula is C25H35N5O2S. The molecule has 1 unspecified atom stereocenters. The summed E-state index contributed by atoms with van der Waals surface area (Å²) in [6.07, 6.45) is 9.06. The molecule has 1 saturated heterocycles. The van der Waals surface area contributed by atoms with E-state index in [0.29, 0.717) is 24.4 Å². The van der Waals surface area contributed by atoms with Crippen LogP contribution >= 0.6 is 11.8 Å². The summed E-state index contributed by atoms with van der Waals surface area (Å²) in [5.74, 6) is 0.624. The molecular weight excluding hydrogens is 434 g/mol. The van der Waals surface area contributed by atoms with Gasteiger partial charge in [0, 0.05) is 29.9 Å². The molecule has 1 fully saturated rings. The number of para-hydroxylation sites is 1. The number of carbonyl (C=O) groups excluding carboxylic acids is 1. The maximum Gasteiger partial charge on any atom is 0.241 e. The van der Waals surface area contributed by atoms with Crippen molar-refractivity contribution in [2.75, 3.05) is 18.0 Å². The zero-order valence-corrected chi connectivity index (χ0v) is 20.4. The third kappa shape index (κ3) is 5.61. The lowest BCUT2D eigenvalue weighted by atomic mass is 9.97. The number of likely N-dealkylation sites (tertiary alicyclic amines) is 1. The van der Waals surface area contributed by atoms with E-state index in [9.17, 15) is 4.79 Å². The van der Waals surface area contributed by atoms with Crippen molar-refractivity contribution in [1.82, 2.24) is 9.88 Å². The van der Waals surface area contributed by atoms with E-state index in [4.69, 9.17) is 15.6 Å². The van der Waals surface area contributed by atoms with Gasteiger partial charge in [0.2, 0.25) is 5.91 Å². The third-order valence-corrected chi connectivity index (χ3v) is 8.07. The van der Waals surface area contributed by atoms with E-state index in [1.165, 1.54) is 31.9 Å². The first-order valence-corrected chi connectivity index (χ1v) is 12.9. The van der Waals surface area contributed by atoms with Crippen molar-refractivity contribution in [2.45, 2.75) is 81.0 Å². The van der Waals surface area contributed by atoms with Gasteiger partial charge in [0.05, 0.1) is 17.1 Å². The standard InChI is InChI=1S/C25H35N5O2S/c1-17-9-8-10-18(2)29(17)13-6-3-7-14-30-19-11-4-5-12-21(19)33-22(25(30)31)15-23-28-16-20(32-23)24(26)27/h4-5,11-12,16-18,22H,3,6-10,13-15H2,1-2H3,(H3,26,27)/t17-,18+,22?. The fourth-order valence-electron chi connectivity index (χ4n) is 4.98. The molecule has 0 saturated carbocycles. The molecule has 0 bridgehead atoms. The molecule has 1 amide bonds. The summed E-state index contributed by atoms with van der Waals surface area (Å²) in [7, 11) is 0. The second-order valence-electron chi connectivity index (χ2n) is 9.23. The van der Waals surface area contributed by atoms with Gasteiger partial charge in [-0.25, -0.2) is 4.98 Å². The van der Waals surface area contributed by atoms with E-state index < -0.39 is 0 Å². The van der Waals surface area contributed by atoms with Gasteiger partial charge >= 0.3 is 0 Å². The minimum absolute atomic E-state index is 0.0968. The normalized spacial score (nSPS) is 23.5. The zero-order valence-electron chi connectivity index (χ0n) is 19.6. The number of amidine groups is 1. The minimum Gasteiger partial charge on any atom is -0.437 e. The highest BCUT2D eigenvalue weighted by molar-refractivity contribution is 8.01. The number of hydrogen-bond donors (Lipinski definition) is 2. The number of oxazole rings is 1. The molecule has 3 heterocycles. The van der Waals surface area contributed by atoms with E-state index in [1.54, 1.807) is 11.8 Å². The Morgan fingerprint density at radius 3 is 2.64 bits per heavy atom. The van der Waals surface area contributed by atoms with E-state index >= 15 is 0 Å². The largest absolute Gasteiger partial charge is 0.437 e. The Balaban J connectivity index is 1.35. The number of carbonyl (C=O) groups is 1. The van der Waals surface area contributed by atoms with Gasteiger partial charge in [-0.1, -0.05) is 25.0 Å². The van der Waals surface area contributed by atoms with E-state index in [2.05, 4.69) is 29.8 Å². The van der Waals surface area contributed by atoms with Crippen molar-refractivity contribution in [2.24, 2.45) is 5.73 Å². The van der Waals surface area contributed by atoms with Gasteiger partial charge in [-0.15, -0.1) is 11.8 Å². The smallest absolute Gasteiger partial charge is 0.241 e. The summed E-state index contributed by atoms with van der Waals surface area (Å²) in [5, 5.41) is 7.20. The topological polar surface area (TPSA) is 99.5 Å². The van der Waals surface area contributed by atoms with E-state index in [0.717, 1.165) is 36.5 Å². The minimum atomic E-state index is -0.298. The first kappa shape index (κ1) is 23.8. The molecule has 1 aromatic heterocycles. The van der Waals surface area contributed by atoms with Crippen LogP contribution in [0.3, 0.4) is 0 Å². The van der Waals surface area contributed by atoms with Crippen molar-refractivity contribution >= 4 is 29.2 Å². The number of nitrogens with one attached hydrogen (secondary N) is 1. The number of rotatable bonds is 9. The third-order valence-electron chi connectivity index (χ3n) is 6.82. The average molecular weight is 470 g/mol. The summed E-state index contributed by atoms with van der Waals surface area (Å²) < 4.78 is 5.56. The molecule has 0 spiro atoms. The van der Waals surface area contributed by atoms with Gasteiger partial charge < -0.3 is 15.1 Å². The second kappa shape index (κ2) is 10.7. The van der Waals surface area contributed by atoms with Crippen LogP contribution in [-0.4, -0.2) is 52.0 Å². The number of nitrogens with zero attached hydrogens (tertiary/aromatic N) is 3. The van der Waals surface area contributed by atoms with E-state index in [1.807, 2.05) is 23.1 Å². The quantitative estimate of drug-likeness (QED) is 0.320. The number of piperidine rings is 1. The molecule has 2 aliphatic rings. The predicted molar refractivity (Wildman–Crippen MR) is 133 cm³/mol. The van der Waals surface area contributed by atoms with Crippen LogP contribution in [0.15, 0.2) is 39.8 Å². The maximum atomic E-state index is 13.4. The molecule has 4 rings (SSSR count). The molecule has 0 radical (unpaired) electrons. The van der Waals surface area contributed by atoms with Crippen LogP contribution in [0.5, 0.6) is 0 Å². The number of nitrogen functional groups attached to an aromatic ring is 1. The molecule has 7 nitrogen and oxygen atoms in total. The highest BCUT2D eigenvalue weighted by Crippen LogP contribution is 2.40. The summed E-state index contributed by atoms with van der Waals surface area (Å²) >= 11 is 1.56. The van der Waals surface area contributed by atoms with Crippen LogP contribution in [0.25, 0.3) is 0 Å². The summed E-state index contributed by atoms with van der Waals surface area (Å²) in [4.78, 5) is 23.3. The Hall–Kier alpha value is -2.32. The van der Waals surface area contributed by atoms with Crippen LogP contribution < -0.4 is 10.6 Å². The van der Waals surface area contributed by atoms with Crippen LogP contribution in [0.2, 0.25) is 0 Å². The highest BCUT2D eigenvalue weighted by atomic mass is 32.2. The zero-order chi connectivity index (χ0) is 23.4. The predicted octanol–water partition coefficient (Wildman–Crippen LogP) is 4.44. The Kier molecular flexibility index (Phi) is 7.75. The molecule has 33 heavy (non-hydrogen) atoms. The highest BCUT2D eigenvalue weighted by Gasteiger charge is 2.34. The van der Waals surface area contributed by atoms with Crippen molar-refractivity contribution in [3.63, 3.8) is 0 Å². The van der Waals surface area contributed by atoms with Gasteiger partial charge in [-0.2, -0.15) is 0 Å². The van der Waals surface area contributed by atoms with Gasteiger partial charge in [0.25, 0.3) is 0 Å². The molecule has 2 aromatic rings. The Bertz CT molecular complexity index is 967. The SMILES string of the molecule is C[C@@H]1CCC[C@H](C)N1CCCCCN1C(=O)C(Cc2ncc(C(=N)N)o2)Sc2ccccc21. The van der Waals surface area contributed by atoms with Gasteiger partial charge in [-0.3, -0.25) is 15.1 Å². The number of hydrogen-bond acceptors (Lipinski definition) is 6. The fourth-order valence-corrected chi connectivity index (χ4v) is 6.20. The second-order valence-corrected chi connectivity index (χ2v) is 10.5. The van der Waals surface area contributed by atoms with Gasteiger partial charge in [0.1, 0.15) is 0 Å². The van der Waals surface area contributed by atoms with Crippen LogP contribution in [0.4, 0.5) is 5.69 Å². The number of unbranched alkanes of at least 4 members (excludes halogenated alkanes) is 2. The molecule has 178 valence electrons. The molecule has 3 N–H and O–H groups in total. The monoisotopic (exact) mass is 469 g/mol. The molecule has 2 aliphatic heterocycles. The number of aromatic nitrogens is 1. The first-order valence-electron chi connectivity index (χ1n) is 12.1. The number of amides is 1. The number of nitrogens with two attached hydrogens (primary N) is 1.